The molecular weight excluding hydrogens is 430 g/mol. The molecule has 2 aromatic rings. The van der Waals surface area contributed by atoms with Crippen molar-refractivity contribution in [2.45, 2.75) is 63.6 Å². The van der Waals surface area contributed by atoms with Crippen molar-refractivity contribution < 1.29 is 19.1 Å². The van der Waals surface area contributed by atoms with Gasteiger partial charge in [-0.15, -0.1) is 6.58 Å². The molecule has 0 spiro atoms. The highest BCUT2D eigenvalue weighted by Crippen LogP contribution is 2.10. The molecule has 0 fully saturated rings. The summed E-state index contributed by atoms with van der Waals surface area (Å²) in [6.07, 6.45) is 6.61. The molecule has 4 N–H and O–H groups in total. The Bertz CT molecular complexity index is 903. The molecule has 2 atom stereocenters. The Kier molecular flexibility index (Phi) is 12.0. The van der Waals surface area contributed by atoms with Crippen LogP contribution in [0.1, 0.15) is 49.7 Å². The maximum absolute atomic E-state index is 13.0. The first kappa shape index (κ1) is 26.6. The first-order chi connectivity index (χ1) is 16.5. The second kappa shape index (κ2) is 15.3. The van der Waals surface area contributed by atoms with Crippen molar-refractivity contribution in [3.05, 3.63) is 84.4 Å². The van der Waals surface area contributed by atoms with Crippen LogP contribution in [-0.2, 0) is 27.4 Å². The number of benzene rings is 2. The predicted molar refractivity (Wildman–Crippen MR) is 133 cm³/mol. The van der Waals surface area contributed by atoms with Crippen LogP contribution in [0.25, 0.3) is 0 Å². The minimum Gasteiger partial charge on any atom is -0.445 e. The molecule has 0 unspecified atom stereocenters. The first-order valence-corrected chi connectivity index (χ1v) is 11.7. The number of hydrogen-bond acceptors (Lipinski definition) is 4. The maximum atomic E-state index is 13.0. The SMILES string of the molecule is C=CCCCCCC[C@@H](NC(=O)[C@H](Cc1ccccc1)NC(=O)OCc1ccccc1)C(N)=O. The third kappa shape index (κ3) is 10.3. The van der Waals surface area contributed by atoms with Crippen molar-refractivity contribution in [1.29, 1.82) is 0 Å². The average Bonchev–Trinajstić information content (AvgIpc) is 2.84. The maximum Gasteiger partial charge on any atom is 0.408 e. The lowest BCUT2D eigenvalue weighted by atomic mass is 10.0. The highest BCUT2D eigenvalue weighted by atomic mass is 16.5. The third-order valence-corrected chi connectivity index (χ3v) is 5.41. The van der Waals surface area contributed by atoms with Gasteiger partial charge in [-0.1, -0.05) is 86.0 Å². The fourth-order valence-electron chi connectivity index (χ4n) is 3.51. The zero-order valence-electron chi connectivity index (χ0n) is 19.6. The van der Waals surface area contributed by atoms with E-state index in [2.05, 4.69) is 17.2 Å². The van der Waals surface area contributed by atoms with E-state index in [1.165, 1.54) is 0 Å². The molecule has 0 saturated carbocycles. The predicted octanol–water partition coefficient (Wildman–Crippen LogP) is 4.02. The molecule has 0 aromatic heterocycles. The van der Waals surface area contributed by atoms with Crippen LogP contribution in [0.3, 0.4) is 0 Å². The minimum atomic E-state index is -0.917. The molecule has 0 heterocycles. The van der Waals surface area contributed by atoms with Gasteiger partial charge in [0.05, 0.1) is 0 Å². The number of nitrogens with one attached hydrogen (secondary N) is 2. The van der Waals surface area contributed by atoms with Gasteiger partial charge >= 0.3 is 6.09 Å². The molecule has 3 amide bonds. The molecule has 7 heteroatoms. The number of primary amides is 1. The van der Waals surface area contributed by atoms with E-state index in [4.69, 9.17) is 10.5 Å². The van der Waals surface area contributed by atoms with Crippen LogP contribution >= 0.6 is 0 Å². The molecule has 0 bridgehead atoms. The summed E-state index contributed by atoms with van der Waals surface area (Å²) in [5.41, 5.74) is 7.24. The van der Waals surface area contributed by atoms with Gasteiger partial charge in [-0.2, -0.15) is 0 Å². The molecule has 0 aliphatic carbocycles. The topological polar surface area (TPSA) is 111 Å². The second-order valence-electron chi connectivity index (χ2n) is 8.19. The van der Waals surface area contributed by atoms with Gasteiger partial charge in [0.2, 0.25) is 11.8 Å². The fraction of sp³-hybridized carbons (Fsp3) is 0.370. The van der Waals surface area contributed by atoms with Crippen LogP contribution in [0.4, 0.5) is 4.79 Å². The molecule has 0 radical (unpaired) electrons. The van der Waals surface area contributed by atoms with Crippen molar-refractivity contribution >= 4 is 17.9 Å². The van der Waals surface area contributed by atoms with Gasteiger partial charge in [-0.25, -0.2) is 4.79 Å². The number of allylic oxidation sites excluding steroid dienone is 1. The summed E-state index contributed by atoms with van der Waals surface area (Å²) in [5, 5.41) is 5.35. The number of rotatable bonds is 15. The third-order valence-electron chi connectivity index (χ3n) is 5.41. The number of carbonyl (C=O) groups is 3. The number of alkyl carbamates (subject to hydrolysis) is 1. The number of ether oxygens (including phenoxy) is 1. The van der Waals surface area contributed by atoms with E-state index in [1.54, 1.807) is 0 Å². The van der Waals surface area contributed by atoms with Gasteiger partial charge in [0.1, 0.15) is 18.7 Å². The Balaban J connectivity index is 1.96. The molecule has 0 saturated heterocycles. The van der Waals surface area contributed by atoms with Gasteiger partial charge in [0.25, 0.3) is 0 Å². The van der Waals surface area contributed by atoms with Crippen molar-refractivity contribution in [2.75, 3.05) is 0 Å². The first-order valence-electron chi connectivity index (χ1n) is 11.7. The van der Waals surface area contributed by atoms with Crippen molar-refractivity contribution in [1.82, 2.24) is 10.6 Å². The quantitative estimate of drug-likeness (QED) is 0.272. The van der Waals surface area contributed by atoms with Crippen LogP contribution in [-0.4, -0.2) is 30.0 Å². The molecule has 0 aliphatic heterocycles. The van der Waals surface area contributed by atoms with Crippen molar-refractivity contribution in [2.24, 2.45) is 5.73 Å². The molecule has 2 rings (SSSR count). The van der Waals surface area contributed by atoms with Gasteiger partial charge in [-0.3, -0.25) is 9.59 Å². The zero-order chi connectivity index (χ0) is 24.6. The van der Waals surface area contributed by atoms with Gasteiger partial charge in [0.15, 0.2) is 0 Å². The van der Waals surface area contributed by atoms with E-state index in [-0.39, 0.29) is 13.0 Å². The summed E-state index contributed by atoms with van der Waals surface area (Å²) in [7, 11) is 0. The van der Waals surface area contributed by atoms with Crippen LogP contribution in [0.5, 0.6) is 0 Å². The summed E-state index contributed by atoms with van der Waals surface area (Å²) in [5.74, 6) is -1.07. The van der Waals surface area contributed by atoms with E-state index >= 15 is 0 Å². The van der Waals surface area contributed by atoms with E-state index in [0.717, 1.165) is 43.2 Å². The van der Waals surface area contributed by atoms with Crippen LogP contribution in [0.2, 0.25) is 0 Å². The van der Waals surface area contributed by atoms with Crippen molar-refractivity contribution in [3.8, 4) is 0 Å². The number of unbranched alkanes of at least 4 members (excludes halogenated alkanes) is 4. The number of carbonyl (C=O) groups excluding carboxylic acids is 3. The smallest absolute Gasteiger partial charge is 0.408 e. The largest absolute Gasteiger partial charge is 0.445 e. The molecule has 0 aliphatic rings. The zero-order valence-corrected chi connectivity index (χ0v) is 19.6. The van der Waals surface area contributed by atoms with E-state index in [9.17, 15) is 14.4 Å². The monoisotopic (exact) mass is 465 g/mol. The van der Waals surface area contributed by atoms with Gasteiger partial charge < -0.3 is 21.1 Å². The summed E-state index contributed by atoms with van der Waals surface area (Å²) >= 11 is 0. The van der Waals surface area contributed by atoms with Gasteiger partial charge in [-0.05, 0) is 30.4 Å². The van der Waals surface area contributed by atoms with Crippen LogP contribution < -0.4 is 16.4 Å². The lowest BCUT2D eigenvalue weighted by Gasteiger charge is -2.22. The lowest BCUT2D eigenvalue weighted by molar-refractivity contribution is -0.128. The standard InChI is InChI=1S/C27H35N3O4/c1-2-3-4-5-6-13-18-23(25(28)31)29-26(32)24(19-21-14-9-7-10-15-21)30-27(33)34-20-22-16-11-8-12-17-22/h2,7-12,14-17,23-24H,1,3-6,13,18-20H2,(H2,28,31)(H,29,32)(H,30,33)/t23-,24+/m1/s1. The number of hydrogen-bond donors (Lipinski definition) is 3. The molecular formula is C27H35N3O4. The van der Waals surface area contributed by atoms with Crippen LogP contribution in [0.15, 0.2) is 73.3 Å². The molecule has 182 valence electrons. The van der Waals surface area contributed by atoms with Crippen LogP contribution in [0, 0.1) is 0 Å². The Morgan fingerprint density at radius 2 is 1.47 bits per heavy atom. The van der Waals surface area contributed by atoms with E-state index in [0.29, 0.717) is 6.42 Å². The Labute approximate surface area is 201 Å². The fourth-order valence-corrected chi connectivity index (χ4v) is 3.51. The average molecular weight is 466 g/mol. The second-order valence-corrected chi connectivity index (χ2v) is 8.19. The minimum absolute atomic E-state index is 0.0854. The summed E-state index contributed by atoms with van der Waals surface area (Å²) in [6, 6.07) is 16.9. The number of nitrogens with two attached hydrogens (primary N) is 1. The van der Waals surface area contributed by atoms with Crippen molar-refractivity contribution in [3.63, 3.8) is 0 Å². The van der Waals surface area contributed by atoms with E-state index < -0.39 is 30.0 Å². The summed E-state index contributed by atoms with van der Waals surface area (Å²) in [4.78, 5) is 37.4. The highest BCUT2D eigenvalue weighted by molar-refractivity contribution is 5.90. The van der Waals surface area contributed by atoms with E-state index in [1.807, 2.05) is 66.7 Å². The summed E-state index contributed by atoms with van der Waals surface area (Å²) < 4.78 is 5.28. The normalized spacial score (nSPS) is 12.2. The van der Waals surface area contributed by atoms with Gasteiger partial charge in [0, 0.05) is 6.42 Å². The Morgan fingerprint density at radius 3 is 2.09 bits per heavy atom. The lowest BCUT2D eigenvalue weighted by Crippen LogP contribution is -2.53. The summed E-state index contributed by atoms with van der Waals surface area (Å²) in [6.45, 7) is 3.79. The molecule has 34 heavy (non-hydrogen) atoms. The Morgan fingerprint density at radius 1 is 0.853 bits per heavy atom. The Hall–Kier alpha value is -3.61. The number of amides is 3. The molecule has 2 aromatic carbocycles. The molecule has 7 nitrogen and oxygen atoms in total. The highest BCUT2D eigenvalue weighted by Gasteiger charge is 2.26.